The van der Waals surface area contributed by atoms with E-state index in [1.54, 1.807) is 0 Å². The van der Waals surface area contributed by atoms with E-state index in [1.807, 2.05) is 14.2 Å². The van der Waals surface area contributed by atoms with E-state index >= 15 is 0 Å². The van der Waals surface area contributed by atoms with Crippen LogP contribution in [0.3, 0.4) is 0 Å². The van der Waals surface area contributed by atoms with Gasteiger partial charge >= 0.3 is 0 Å². The van der Waals surface area contributed by atoms with E-state index in [1.165, 1.54) is 241 Å². The standard InChI is InChI=1S/C80H62O2/c1-35-15-39(5)65(40(6)16-35)47-23-53-54-24-48(66-41(7)17-36(2)18-42(66)8)26-56-58-28-50(68-45(11)21-38(4)22-46(68)12)30-60-62-32-52(82-14)34-64-63-33-51(81-13)31-61-59-29-49(67-43(9)19-37(3)20-44(67)10)27-57-55(25-47)69(53)75-76(70(54)56)78(72(58)60)80(74(62)64)79(73(61)63)77(75)71(57)59/h15-34H,1-14H3. The molecule has 0 fully saturated rings. The lowest BCUT2D eigenvalue weighted by molar-refractivity contribution is 0.415. The monoisotopic (exact) mass is 1050 g/mol. The summed E-state index contributed by atoms with van der Waals surface area (Å²) in [6, 6.07) is 48.9. The largest absolute Gasteiger partial charge is 0.497 e. The van der Waals surface area contributed by atoms with Gasteiger partial charge in [0.2, 0.25) is 0 Å². The Morgan fingerprint density at radius 3 is 0.476 bits per heavy atom. The Labute approximate surface area is 477 Å². The molecular formula is C80H62O2. The number of rotatable bonds is 6. The average molecular weight is 1060 g/mol. The second kappa shape index (κ2) is 15.9. The van der Waals surface area contributed by atoms with Gasteiger partial charge in [-0.05, 0) is 374 Å². The number of methoxy groups -OCH3 is 2. The van der Waals surface area contributed by atoms with Crippen molar-refractivity contribution in [2.45, 2.75) is 83.1 Å². The SMILES string of the molecule is COc1cc2c3cc(OC)cc4c5cc(-c6c(C)cc(C)cc6C)cc6c7cc(-c8c(C)cc(C)cc8C)cc8c9cc(-c%10c(C)cc(C)cc%10C)cc%10c%11cc(-c%12c(C)cc(C)cc%12C)cc%12c(c1)c2c1c(c34)c(c56)c(c78)c(c%109)c1c%12%11. The molecule has 0 aliphatic rings. The first kappa shape index (κ1) is 47.8. The number of fused-ring (bicyclic) bond motifs is 6. The zero-order chi connectivity index (χ0) is 56.1. The van der Waals surface area contributed by atoms with Crippen LogP contribution in [-0.2, 0) is 0 Å². The number of hydrogen-bond donors (Lipinski definition) is 0. The van der Waals surface area contributed by atoms with E-state index in [4.69, 9.17) is 9.47 Å². The highest BCUT2D eigenvalue weighted by atomic mass is 16.5. The minimum Gasteiger partial charge on any atom is -0.497 e. The first-order valence-electron chi connectivity index (χ1n) is 29.3. The Hall–Kier alpha value is -8.98. The summed E-state index contributed by atoms with van der Waals surface area (Å²) in [5.74, 6) is 1.70. The van der Waals surface area contributed by atoms with Gasteiger partial charge in [-0.2, -0.15) is 0 Å². The van der Waals surface area contributed by atoms with Gasteiger partial charge in [0.1, 0.15) is 11.5 Å². The third-order valence-corrected chi connectivity index (χ3v) is 19.9. The van der Waals surface area contributed by atoms with Gasteiger partial charge in [0, 0.05) is 0 Å². The van der Waals surface area contributed by atoms with Gasteiger partial charge in [-0.25, -0.2) is 0 Å². The maximum atomic E-state index is 6.44. The molecule has 17 rings (SSSR count). The van der Waals surface area contributed by atoms with Crippen molar-refractivity contribution < 1.29 is 9.47 Å². The van der Waals surface area contributed by atoms with Crippen LogP contribution in [-0.4, -0.2) is 14.2 Å². The summed E-state index contributed by atoms with van der Waals surface area (Å²) in [7, 11) is 3.66. The predicted molar refractivity (Wildman–Crippen MR) is 355 cm³/mol. The van der Waals surface area contributed by atoms with Crippen molar-refractivity contribution in [3.8, 4) is 56.0 Å². The van der Waals surface area contributed by atoms with Gasteiger partial charge in [-0.3, -0.25) is 0 Å². The van der Waals surface area contributed by atoms with E-state index < -0.39 is 0 Å². The second-order valence-electron chi connectivity index (χ2n) is 25.3. The van der Waals surface area contributed by atoms with Gasteiger partial charge in [0.15, 0.2) is 0 Å². The molecule has 0 N–H and O–H groups in total. The molecule has 0 spiro atoms. The fourth-order valence-corrected chi connectivity index (χ4v) is 17.6. The van der Waals surface area contributed by atoms with Crippen molar-refractivity contribution in [1.29, 1.82) is 0 Å². The van der Waals surface area contributed by atoms with Gasteiger partial charge in [-0.15, -0.1) is 0 Å². The first-order valence-corrected chi connectivity index (χ1v) is 29.3. The molecule has 0 amide bonds. The lowest BCUT2D eigenvalue weighted by atomic mass is 9.72. The summed E-state index contributed by atoms with van der Waals surface area (Å²) in [5.41, 5.74) is 25.8. The van der Waals surface area contributed by atoms with Crippen LogP contribution >= 0.6 is 0 Å². The number of hydrogen-bond acceptors (Lipinski definition) is 2. The fourth-order valence-electron chi connectivity index (χ4n) is 17.6. The molecule has 0 saturated carbocycles. The third-order valence-electron chi connectivity index (χ3n) is 19.9. The van der Waals surface area contributed by atoms with Crippen molar-refractivity contribution in [2.75, 3.05) is 14.2 Å². The summed E-state index contributed by atoms with van der Waals surface area (Å²) in [6.45, 7) is 27.4. The molecule has 82 heavy (non-hydrogen) atoms. The smallest absolute Gasteiger partial charge is 0.120 e. The summed E-state index contributed by atoms with van der Waals surface area (Å²) < 4.78 is 12.9. The Bertz CT molecular complexity index is 5260. The Morgan fingerprint density at radius 2 is 0.329 bits per heavy atom. The van der Waals surface area contributed by atoms with Crippen LogP contribution in [0.5, 0.6) is 11.5 Å². The highest BCUT2D eigenvalue weighted by Crippen LogP contribution is 2.62. The number of benzene rings is 17. The Kier molecular flexibility index (Phi) is 9.28. The molecule has 0 aliphatic heterocycles. The molecule has 0 unspecified atom stereocenters. The van der Waals surface area contributed by atoms with Crippen LogP contribution in [0.25, 0.3) is 174 Å². The van der Waals surface area contributed by atoms with Crippen LogP contribution < -0.4 is 9.47 Å². The van der Waals surface area contributed by atoms with Crippen LogP contribution in [0, 0.1) is 83.1 Å². The molecule has 394 valence electrons. The van der Waals surface area contributed by atoms with Crippen molar-refractivity contribution in [3.05, 3.63) is 188 Å². The van der Waals surface area contributed by atoms with Gasteiger partial charge in [0.05, 0.1) is 14.2 Å². The third kappa shape index (κ3) is 5.90. The summed E-state index contributed by atoms with van der Waals surface area (Å²) >= 11 is 0. The molecule has 0 aromatic heterocycles. The molecular weight excluding hydrogens is 993 g/mol. The van der Waals surface area contributed by atoms with Crippen LogP contribution in [0.1, 0.15) is 66.8 Å². The summed E-state index contributed by atoms with van der Waals surface area (Å²) in [5, 5.41) is 31.4. The van der Waals surface area contributed by atoms with Crippen LogP contribution in [0.2, 0.25) is 0 Å². The van der Waals surface area contributed by atoms with Crippen molar-refractivity contribution in [2.24, 2.45) is 0 Å². The molecule has 0 heterocycles. The number of aryl methyl sites for hydroxylation is 12. The minimum atomic E-state index is 0.851. The molecule has 0 atom stereocenters. The van der Waals surface area contributed by atoms with E-state index in [9.17, 15) is 0 Å². The van der Waals surface area contributed by atoms with Crippen molar-refractivity contribution in [1.82, 2.24) is 0 Å². The molecule has 0 bridgehead atoms. The highest BCUT2D eigenvalue weighted by molar-refractivity contribution is 6.61. The first-order chi connectivity index (χ1) is 39.5. The fraction of sp³-hybridized carbons (Fsp3) is 0.175. The van der Waals surface area contributed by atoms with E-state index in [2.05, 4.69) is 204 Å². The van der Waals surface area contributed by atoms with Crippen molar-refractivity contribution >= 4 is 129 Å². The lowest BCUT2D eigenvalue weighted by Crippen LogP contribution is -2.02. The maximum Gasteiger partial charge on any atom is 0.120 e. The molecule has 0 saturated heterocycles. The van der Waals surface area contributed by atoms with Crippen LogP contribution in [0.4, 0.5) is 0 Å². The quantitative estimate of drug-likeness (QED) is 0.122. The molecule has 2 nitrogen and oxygen atoms in total. The predicted octanol–water partition coefficient (Wildman–Crippen LogP) is 22.5. The molecule has 17 aromatic rings. The van der Waals surface area contributed by atoms with Crippen LogP contribution in [0.15, 0.2) is 121 Å². The van der Waals surface area contributed by atoms with Gasteiger partial charge in [0.25, 0.3) is 0 Å². The van der Waals surface area contributed by atoms with Gasteiger partial charge in [-0.1, -0.05) is 70.8 Å². The lowest BCUT2D eigenvalue weighted by Gasteiger charge is -2.30. The normalized spacial score (nSPS) is 12.8. The van der Waals surface area contributed by atoms with E-state index in [0.29, 0.717) is 0 Å². The van der Waals surface area contributed by atoms with Crippen molar-refractivity contribution in [3.63, 3.8) is 0 Å². The topological polar surface area (TPSA) is 18.5 Å². The molecule has 2 heteroatoms. The average Bonchev–Trinajstić information content (AvgIpc) is 1.13. The molecule has 0 aliphatic carbocycles. The highest BCUT2D eigenvalue weighted by Gasteiger charge is 2.34. The van der Waals surface area contributed by atoms with Gasteiger partial charge < -0.3 is 9.47 Å². The zero-order valence-corrected chi connectivity index (χ0v) is 49.4. The molecule has 0 radical (unpaired) electrons. The summed E-state index contributed by atoms with van der Waals surface area (Å²) in [4.78, 5) is 0. The van der Waals surface area contributed by atoms with E-state index in [0.717, 1.165) is 11.5 Å². The second-order valence-corrected chi connectivity index (χ2v) is 25.3. The summed E-state index contributed by atoms with van der Waals surface area (Å²) in [6.07, 6.45) is 0. The molecule has 17 aromatic carbocycles. The number of ether oxygens (including phenoxy) is 2. The maximum absolute atomic E-state index is 6.44. The Morgan fingerprint density at radius 1 is 0.183 bits per heavy atom. The zero-order valence-electron chi connectivity index (χ0n) is 49.4. The van der Waals surface area contributed by atoms with E-state index in [-0.39, 0.29) is 0 Å². The minimum absolute atomic E-state index is 0.851. The Balaban J connectivity index is 1.24.